The van der Waals surface area contributed by atoms with Crippen LogP contribution < -0.4 is 47.7 Å². The number of nitrogens with zero attached hydrogens (tertiary/aromatic N) is 4. The Morgan fingerprint density at radius 2 is 0.804 bits per heavy atom. The van der Waals surface area contributed by atoms with Gasteiger partial charge in [-0.25, -0.2) is 24.0 Å². The van der Waals surface area contributed by atoms with Gasteiger partial charge in [0.25, 0.3) is 14.3 Å². The number of urea groups is 1. The Bertz CT molecular complexity index is 3050. The molecule has 2 rings (SSSR count). The minimum absolute atomic E-state index is 0.000572. The molecule has 1 heterocycles. The number of unbranched alkanes of at least 4 members (excludes halogenated alkanes) is 1. The molecule has 0 radical (unpaired) electrons. The lowest BCUT2D eigenvalue weighted by Gasteiger charge is -2.44. The van der Waals surface area contributed by atoms with Gasteiger partial charge in [0.1, 0.15) is 36.3 Å². The Balaban J connectivity index is 2.13. The van der Waals surface area contributed by atoms with E-state index in [1.165, 1.54) is 43.9 Å². The second-order valence-corrected chi connectivity index (χ2v) is 31.5. The Hall–Kier alpha value is -9.47. The lowest BCUT2D eigenvalue weighted by atomic mass is 10.1. The molecule has 0 unspecified atom stereocenters. The highest BCUT2D eigenvalue weighted by Crippen LogP contribution is 2.51. The minimum atomic E-state index is -3.81. The molecule has 0 aromatic heterocycles. The van der Waals surface area contributed by atoms with Crippen LogP contribution in [0.3, 0.4) is 0 Å². The van der Waals surface area contributed by atoms with Crippen molar-refractivity contribution in [3.63, 3.8) is 0 Å². The van der Waals surface area contributed by atoms with Crippen LogP contribution in [0.5, 0.6) is 0 Å². The smallest absolute Gasteiger partial charge is 0.326 e. The maximum atomic E-state index is 17.2. The summed E-state index contributed by atoms with van der Waals surface area (Å²) in [7, 11) is -3.81. The van der Waals surface area contributed by atoms with Crippen LogP contribution in [0.1, 0.15) is 135 Å². The summed E-state index contributed by atoms with van der Waals surface area (Å²) in [6.07, 6.45) is -4.07. The van der Waals surface area contributed by atoms with Crippen LogP contribution in [-0.4, -0.2) is 297 Å². The number of aliphatic carboxylic acids is 9. The monoisotopic (exact) mass is 1470 g/mol. The number of carbonyl (C=O) groups excluding carboxylic acids is 7. The molecule has 1 aromatic carbocycles. The molecule has 39 heteroatoms. The summed E-state index contributed by atoms with van der Waals surface area (Å²) < 4.78 is 17.2. The summed E-state index contributed by atoms with van der Waals surface area (Å²) >= 11 is 0. The third kappa shape index (κ3) is 32.9. The topological polar surface area (TPSA) is 564 Å². The fraction of sp³-hybridized carbons (Fsp3) is 0.651. The molecule has 1 aliphatic rings. The van der Waals surface area contributed by atoms with Crippen molar-refractivity contribution in [3.05, 3.63) is 29.8 Å². The van der Waals surface area contributed by atoms with Crippen molar-refractivity contribution in [2.45, 2.75) is 171 Å². The van der Waals surface area contributed by atoms with E-state index in [9.17, 15) is 118 Å². The van der Waals surface area contributed by atoms with Gasteiger partial charge in [0, 0.05) is 110 Å². The molecular weight excluding hydrogens is 1370 g/mol. The molecule has 102 heavy (non-hydrogen) atoms. The van der Waals surface area contributed by atoms with Gasteiger partial charge in [-0.15, -0.1) is 0 Å². The van der Waals surface area contributed by atoms with E-state index in [-0.39, 0.29) is 122 Å². The van der Waals surface area contributed by atoms with Crippen molar-refractivity contribution >= 4 is 109 Å². The van der Waals surface area contributed by atoms with Gasteiger partial charge in [-0.3, -0.25) is 72.3 Å². The van der Waals surface area contributed by atoms with Crippen LogP contribution in [0.4, 0.5) is 8.90 Å². The zero-order valence-corrected chi connectivity index (χ0v) is 59.1. The van der Waals surface area contributed by atoms with Gasteiger partial charge >= 0.3 is 59.8 Å². The number of nitrogens with one attached hydrogen (secondary N) is 8. The number of halogens is 1. The molecule has 1 saturated heterocycles. The predicted molar refractivity (Wildman–Crippen MR) is 359 cm³/mol. The summed E-state index contributed by atoms with van der Waals surface area (Å²) in [6, 6.07) is -5.23. The first-order valence-corrected chi connectivity index (χ1v) is 34.9. The quantitative estimate of drug-likeness (QED) is 0.0197. The number of hydrogen-bond donors (Lipinski definition) is 17. The Labute approximate surface area is 588 Å². The summed E-state index contributed by atoms with van der Waals surface area (Å²) in [5, 5.41) is 104. The van der Waals surface area contributed by atoms with E-state index in [4.69, 9.17) is 5.11 Å². The maximum absolute atomic E-state index is 17.2. The molecule has 0 bridgehead atoms. The SMILES string of the molecule is CC(C)(C)[Si](F)(c1ccc(C(=O)N[C@@H](CNC(=O)CC[C@H](C(=O)O)N2CCN(CC(=O)O)CCN(CC(=O)O)CCN(CC(=O)O)CC2)C(=O)N[C@@H](CCCCNC(=O)CCC(=O)NCCC[C@@H](NC(=O)CC[C@H](NC(=O)N[C@@H](CCC(=O)O)C(=O)O)C(=O)O)C(=O)O)C(=O)O)cc1)C(C)(C)C. The zero-order valence-electron chi connectivity index (χ0n) is 58.1. The first kappa shape index (κ1) is 88.6. The molecule has 1 fully saturated rings. The number of amides is 8. The summed E-state index contributed by atoms with van der Waals surface area (Å²) in [5.74, 6) is -17.4. The van der Waals surface area contributed by atoms with Crippen molar-refractivity contribution in [1.82, 2.24) is 62.1 Å². The standard InChI is InChI=1S/C63H99FN12O25Si/c1-62(2,3)102(64,63(4,5)6)39-14-12-38(13-15-39)54(89)70-44(34-67-48(79)20-18-45(60(99)100)76-32-30-74(36-52(85)86)28-26-73(35-51(83)84)27-29-75(31-33-76)37-53(87)88)55(90)69-41(57(93)94)10-7-8-24-65-46(77)21-22-47(78)66-25-9-11-40(56(91)92)68-49(80)19-16-42(58(95)96)71-61(101)72-43(59(97)98)17-23-50(81)82/h12-15,40-45H,7-11,16-37H2,1-6H3,(H,65,77)(H,66,78)(H,67,79)(H,68,80)(H,69,90)(H,70,89)(H,81,82)(H,83,84)(H,85,86)(H,87,88)(H,91,92)(H,93,94)(H,95,96)(H,97,98)(H,99,100)(H2,71,72,101)/t40-,41+,42+,43+,44+,45-/m1/s1. The molecule has 0 saturated carbocycles. The van der Waals surface area contributed by atoms with Crippen LogP contribution in [0, 0.1) is 0 Å². The third-order valence-electron chi connectivity index (χ3n) is 16.6. The second kappa shape index (κ2) is 43.4. The summed E-state index contributed by atoms with van der Waals surface area (Å²) in [5.41, 5.74) is -0.0342. The van der Waals surface area contributed by atoms with E-state index in [1.807, 2.05) is 10.6 Å². The van der Waals surface area contributed by atoms with Gasteiger partial charge in [-0.2, -0.15) is 0 Å². The van der Waals surface area contributed by atoms with Crippen LogP contribution in [0.25, 0.3) is 0 Å². The number of carboxylic acid groups (broad SMARTS) is 9. The van der Waals surface area contributed by atoms with Gasteiger partial charge in [0.2, 0.25) is 29.5 Å². The van der Waals surface area contributed by atoms with Crippen molar-refractivity contribution < 1.29 is 127 Å². The largest absolute Gasteiger partial charge is 0.481 e. The average Bonchev–Trinajstić information content (AvgIpc) is 0.748. The number of hydrogen-bond acceptors (Lipinski definition) is 20. The highest BCUT2D eigenvalue weighted by molar-refractivity contribution is 6.90. The first-order chi connectivity index (χ1) is 47.5. The van der Waals surface area contributed by atoms with Gasteiger partial charge < -0.3 is 92.6 Å². The van der Waals surface area contributed by atoms with Crippen LogP contribution >= 0.6 is 0 Å². The van der Waals surface area contributed by atoms with Gasteiger partial charge in [-0.05, 0) is 78.8 Å². The van der Waals surface area contributed by atoms with E-state index in [1.54, 1.807) is 41.5 Å². The van der Waals surface area contributed by atoms with E-state index in [0.717, 1.165) is 0 Å². The highest BCUT2D eigenvalue weighted by Gasteiger charge is 2.56. The van der Waals surface area contributed by atoms with Gasteiger partial charge in [0.05, 0.1) is 19.6 Å². The van der Waals surface area contributed by atoms with Crippen molar-refractivity contribution in [3.8, 4) is 0 Å². The maximum Gasteiger partial charge on any atom is 0.326 e. The van der Waals surface area contributed by atoms with Crippen LogP contribution in [0.15, 0.2) is 24.3 Å². The van der Waals surface area contributed by atoms with Crippen molar-refractivity contribution in [2.24, 2.45) is 0 Å². The highest BCUT2D eigenvalue weighted by atomic mass is 28.4. The summed E-state index contributed by atoms with van der Waals surface area (Å²) in [4.78, 5) is 204. The van der Waals surface area contributed by atoms with Crippen molar-refractivity contribution in [1.29, 1.82) is 0 Å². The van der Waals surface area contributed by atoms with E-state index in [2.05, 4.69) is 31.9 Å². The molecule has 8 amide bonds. The Kier molecular flexibility index (Phi) is 37.7. The van der Waals surface area contributed by atoms with E-state index in [0.29, 0.717) is 5.19 Å². The molecule has 0 aliphatic carbocycles. The van der Waals surface area contributed by atoms with E-state index < -0.39 is 208 Å². The number of rotatable bonds is 43. The molecule has 1 aliphatic heterocycles. The minimum Gasteiger partial charge on any atom is -0.481 e. The molecule has 572 valence electrons. The molecular formula is C63H99FN12O25Si. The fourth-order valence-corrected chi connectivity index (χ4v) is 16.0. The second-order valence-electron chi connectivity index (χ2n) is 26.6. The number of carbonyl (C=O) groups is 16. The number of carboxylic acids is 9. The molecule has 0 spiro atoms. The average molecular weight is 1470 g/mol. The zero-order chi connectivity index (χ0) is 77.2. The van der Waals surface area contributed by atoms with Crippen LogP contribution in [0.2, 0.25) is 10.1 Å². The van der Waals surface area contributed by atoms with E-state index >= 15 is 4.11 Å². The Morgan fingerprint density at radius 3 is 1.23 bits per heavy atom. The summed E-state index contributed by atoms with van der Waals surface area (Å²) in [6.45, 7) is 8.55. The lowest BCUT2D eigenvalue weighted by molar-refractivity contribution is -0.145. The lowest BCUT2D eigenvalue weighted by Crippen LogP contribution is -2.58. The first-order valence-electron chi connectivity index (χ1n) is 33.0. The molecule has 6 atom stereocenters. The normalized spacial score (nSPS) is 15.6. The third-order valence-corrected chi connectivity index (χ3v) is 21.9. The van der Waals surface area contributed by atoms with Crippen molar-refractivity contribution in [2.75, 3.05) is 91.6 Å². The number of benzene rings is 1. The fourth-order valence-electron chi connectivity index (χ4n) is 11.3. The van der Waals surface area contributed by atoms with Crippen LogP contribution in [-0.2, 0) is 67.1 Å². The Morgan fingerprint density at radius 1 is 0.412 bits per heavy atom. The molecule has 37 nitrogen and oxygen atoms in total. The van der Waals surface area contributed by atoms with Gasteiger partial charge in [-0.1, -0.05) is 53.7 Å². The molecule has 17 N–H and O–H groups in total. The molecule has 1 aromatic rings. The van der Waals surface area contributed by atoms with Gasteiger partial charge in [0.15, 0.2) is 0 Å². The predicted octanol–water partition coefficient (Wildman–Crippen LogP) is -1.72.